The molecule has 0 bridgehead atoms. The largest absolute Gasteiger partial charge is 0.508 e. The Morgan fingerprint density at radius 3 is 3.00 bits per heavy atom. The Morgan fingerprint density at radius 1 is 1.46 bits per heavy atom. The zero-order chi connectivity index (χ0) is 9.42. The number of nitrogens with zero attached hydrogens (tertiary/aromatic N) is 2. The molecule has 13 heavy (non-hydrogen) atoms. The van der Waals surface area contributed by atoms with Crippen LogP contribution in [0.1, 0.15) is 0 Å². The Balaban J connectivity index is 2.95. The molecule has 0 aliphatic carbocycles. The molecule has 0 saturated heterocycles. The number of phenolic OH excluding ortho intramolecular Hbond substituents is 1. The lowest BCUT2D eigenvalue weighted by molar-refractivity contribution is 0.476. The summed E-state index contributed by atoms with van der Waals surface area (Å²) in [5.74, 6) is 0.141. The molecule has 4 nitrogen and oxygen atoms in total. The van der Waals surface area contributed by atoms with E-state index in [-0.39, 0.29) is 11.3 Å². The van der Waals surface area contributed by atoms with E-state index in [0.717, 1.165) is 0 Å². The second-order valence-electron chi connectivity index (χ2n) is 2.84. The van der Waals surface area contributed by atoms with E-state index in [9.17, 15) is 4.79 Å². The number of rotatable bonds is 0. The van der Waals surface area contributed by atoms with Crippen molar-refractivity contribution in [3.05, 3.63) is 34.7 Å². The summed E-state index contributed by atoms with van der Waals surface area (Å²) in [6, 6.07) is 4.60. The van der Waals surface area contributed by atoms with Gasteiger partial charge in [0.05, 0.1) is 11.6 Å². The smallest absolute Gasteiger partial charge is 0.274 e. The van der Waals surface area contributed by atoms with Gasteiger partial charge in [-0.15, -0.1) is 0 Å². The molecular formula is C9H8N2O2. The maximum Gasteiger partial charge on any atom is 0.274 e. The fourth-order valence-electron chi connectivity index (χ4n) is 1.23. The maximum absolute atomic E-state index is 11.5. The Bertz CT molecular complexity index is 516. The van der Waals surface area contributed by atoms with Crippen LogP contribution in [0.25, 0.3) is 10.8 Å². The highest BCUT2D eigenvalue weighted by atomic mass is 16.3. The van der Waals surface area contributed by atoms with Gasteiger partial charge in [0, 0.05) is 12.4 Å². The summed E-state index contributed by atoms with van der Waals surface area (Å²) >= 11 is 0. The first-order valence-electron chi connectivity index (χ1n) is 3.83. The fourth-order valence-corrected chi connectivity index (χ4v) is 1.23. The highest BCUT2D eigenvalue weighted by Gasteiger charge is 2.00. The fraction of sp³-hybridized carbons (Fsp3) is 0.111. The monoisotopic (exact) mass is 176 g/mol. The van der Waals surface area contributed by atoms with Gasteiger partial charge >= 0.3 is 0 Å². The number of aromatic nitrogens is 2. The molecule has 4 heteroatoms. The van der Waals surface area contributed by atoms with Crippen LogP contribution in [0.2, 0.25) is 0 Å². The lowest BCUT2D eigenvalue weighted by atomic mass is 10.2. The van der Waals surface area contributed by atoms with Crippen molar-refractivity contribution in [2.75, 3.05) is 0 Å². The minimum atomic E-state index is -0.155. The van der Waals surface area contributed by atoms with Crippen LogP contribution in [0.3, 0.4) is 0 Å². The van der Waals surface area contributed by atoms with Crippen molar-refractivity contribution in [1.82, 2.24) is 9.78 Å². The van der Waals surface area contributed by atoms with E-state index in [2.05, 4.69) is 5.10 Å². The summed E-state index contributed by atoms with van der Waals surface area (Å²) in [5.41, 5.74) is -0.155. The summed E-state index contributed by atoms with van der Waals surface area (Å²) in [5, 5.41) is 14.2. The van der Waals surface area contributed by atoms with Gasteiger partial charge in [-0.2, -0.15) is 5.10 Å². The first kappa shape index (κ1) is 7.79. The minimum Gasteiger partial charge on any atom is -0.508 e. The summed E-state index contributed by atoms with van der Waals surface area (Å²) in [6.45, 7) is 0. The molecule has 0 atom stereocenters. The van der Waals surface area contributed by atoms with Crippen molar-refractivity contribution in [2.45, 2.75) is 0 Å². The van der Waals surface area contributed by atoms with Crippen LogP contribution in [-0.2, 0) is 7.05 Å². The molecule has 2 rings (SSSR count). The number of fused-ring (bicyclic) bond motifs is 1. The van der Waals surface area contributed by atoms with Crippen molar-refractivity contribution in [2.24, 2.45) is 7.05 Å². The van der Waals surface area contributed by atoms with Gasteiger partial charge in [-0.25, -0.2) is 4.68 Å². The number of hydrogen-bond acceptors (Lipinski definition) is 3. The first-order chi connectivity index (χ1) is 6.18. The Morgan fingerprint density at radius 2 is 2.23 bits per heavy atom. The van der Waals surface area contributed by atoms with Gasteiger partial charge in [0.1, 0.15) is 5.75 Å². The third kappa shape index (κ3) is 1.16. The molecule has 0 amide bonds. The third-order valence-electron chi connectivity index (χ3n) is 1.93. The second-order valence-corrected chi connectivity index (χ2v) is 2.84. The number of aryl methyl sites for hydroxylation is 1. The predicted octanol–water partition coefficient (Wildman–Crippen LogP) is 0.639. The lowest BCUT2D eigenvalue weighted by Crippen LogP contribution is -2.18. The number of hydrogen-bond donors (Lipinski definition) is 1. The van der Waals surface area contributed by atoms with Crippen molar-refractivity contribution >= 4 is 10.8 Å². The van der Waals surface area contributed by atoms with Crippen LogP contribution >= 0.6 is 0 Å². The zero-order valence-corrected chi connectivity index (χ0v) is 7.06. The molecule has 0 saturated carbocycles. The van der Waals surface area contributed by atoms with Crippen molar-refractivity contribution in [1.29, 1.82) is 0 Å². The van der Waals surface area contributed by atoms with Gasteiger partial charge in [-0.05, 0) is 18.2 Å². The summed E-state index contributed by atoms with van der Waals surface area (Å²) in [4.78, 5) is 11.5. The van der Waals surface area contributed by atoms with Crippen LogP contribution < -0.4 is 5.56 Å². The van der Waals surface area contributed by atoms with E-state index in [4.69, 9.17) is 5.11 Å². The topological polar surface area (TPSA) is 55.1 Å². The first-order valence-corrected chi connectivity index (χ1v) is 3.83. The Hall–Kier alpha value is -1.84. The molecular weight excluding hydrogens is 168 g/mol. The molecule has 0 fully saturated rings. The van der Waals surface area contributed by atoms with Gasteiger partial charge in [-0.1, -0.05) is 0 Å². The van der Waals surface area contributed by atoms with E-state index in [1.807, 2.05) is 0 Å². The Labute approximate surface area is 74.1 Å². The maximum atomic E-state index is 11.5. The van der Waals surface area contributed by atoms with Crippen molar-refractivity contribution in [3.63, 3.8) is 0 Å². The van der Waals surface area contributed by atoms with Crippen LogP contribution in [0, 0.1) is 0 Å². The lowest BCUT2D eigenvalue weighted by Gasteiger charge is -1.99. The molecule has 0 radical (unpaired) electrons. The van der Waals surface area contributed by atoms with E-state index >= 15 is 0 Å². The Kier molecular flexibility index (Phi) is 1.55. The minimum absolute atomic E-state index is 0.141. The van der Waals surface area contributed by atoms with Crippen LogP contribution in [-0.4, -0.2) is 14.9 Å². The van der Waals surface area contributed by atoms with Crippen molar-refractivity contribution in [3.8, 4) is 5.75 Å². The molecule has 0 aliphatic rings. The molecule has 66 valence electrons. The molecule has 0 spiro atoms. The zero-order valence-electron chi connectivity index (χ0n) is 7.06. The van der Waals surface area contributed by atoms with Crippen LogP contribution in [0.4, 0.5) is 0 Å². The van der Waals surface area contributed by atoms with Crippen molar-refractivity contribution < 1.29 is 5.11 Å². The summed E-state index contributed by atoms with van der Waals surface area (Å²) in [7, 11) is 1.59. The highest BCUT2D eigenvalue weighted by Crippen LogP contribution is 2.15. The van der Waals surface area contributed by atoms with Gasteiger partial charge in [-0.3, -0.25) is 4.79 Å². The normalized spacial score (nSPS) is 10.5. The second kappa shape index (κ2) is 2.58. The highest BCUT2D eigenvalue weighted by molar-refractivity contribution is 5.81. The number of phenols is 1. The van der Waals surface area contributed by atoms with E-state index in [0.29, 0.717) is 10.8 Å². The van der Waals surface area contributed by atoms with E-state index in [1.54, 1.807) is 19.3 Å². The quantitative estimate of drug-likeness (QED) is 0.640. The van der Waals surface area contributed by atoms with Gasteiger partial charge in [0.2, 0.25) is 0 Å². The van der Waals surface area contributed by atoms with E-state index in [1.165, 1.54) is 16.8 Å². The third-order valence-corrected chi connectivity index (χ3v) is 1.93. The SMILES string of the molecule is Cn1ncc2cc(O)ccc2c1=O. The van der Waals surface area contributed by atoms with E-state index < -0.39 is 0 Å². The summed E-state index contributed by atoms with van der Waals surface area (Å²) < 4.78 is 1.26. The summed E-state index contributed by atoms with van der Waals surface area (Å²) in [6.07, 6.45) is 1.55. The molecule has 0 unspecified atom stereocenters. The molecule has 1 N–H and O–H groups in total. The molecule has 1 aromatic heterocycles. The molecule has 0 aliphatic heterocycles. The molecule has 1 heterocycles. The van der Waals surface area contributed by atoms with Gasteiger partial charge < -0.3 is 5.11 Å². The standard InChI is InChI=1S/C9H8N2O2/c1-11-9(13)8-3-2-7(12)4-6(8)5-10-11/h2-5,12H,1H3. The average Bonchev–Trinajstić information content (AvgIpc) is 2.12. The molecule has 2 aromatic rings. The molecule has 1 aromatic carbocycles. The number of benzene rings is 1. The predicted molar refractivity (Wildman–Crippen MR) is 48.6 cm³/mol. The van der Waals surface area contributed by atoms with Gasteiger partial charge in [0.25, 0.3) is 5.56 Å². The van der Waals surface area contributed by atoms with Crippen LogP contribution in [0.5, 0.6) is 5.75 Å². The number of aromatic hydroxyl groups is 1. The average molecular weight is 176 g/mol. The van der Waals surface area contributed by atoms with Crippen LogP contribution in [0.15, 0.2) is 29.2 Å². The van der Waals surface area contributed by atoms with Gasteiger partial charge in [0.15, 0.2) is 0 Å².